The standard InChI is InChI=1S/C15H20ClFN2O2/c1-11(13-3-2-12(17)10-14(13)16)19-8-6-18(7-9-19)5-4-15(20)21/h2-3,10-11H,4-9H2,1H3,(H,20,21). The smallest absolute Gasteiger partial charge is 0.304 e. The molecule has 1 aromatic rings. The molecule has 6 heteroatoms. The predicted octanol–water partition coefficient (Wildman–Crippen LogP) is 2.63. The highest BCUT2D eigenvalue weighted by atomic mass is 35.5. The molecule has 2 rings (SSSR count). The lowest BCUT2D eigenvalue weighted by molar-refractivity contribution is -0.137. The number of carboxylic acids is 1. The van der Waals surface area contributed by atoms with Crippen molar-refractivity contribution in [2.45, 2.75) is 19.4 Å². The third kappa shape index (κ3) is 4.40. The number of carboxylic acid groups (broad SMARTS) is 1. The minimum Gasteiger partial charge on any atom is -0.481 e. The molecule has 0 aromatic heterocycles. The van der Waals surface area contributed by atoms with Crippen molar-refractivity contribution in [3.8, 4) is 0 Å². The molecular formula is C15H20ClFN2O2. The molecule has 0 radical (unpaired) electrons. The number of rotatable bonds is 5. The van der Waals surface area contributed by atoms with Gasteiger partial charge in [-0.3, -0.25) is 9.69 Å². The van der Waals surface area contributed by atoms with Crippen LogP contribution in [0.3, 0.4) is 0 Å². The maximum Gasteiger partial charge on any atom is 0.304 e. The van der Waals surface area contributed by atoms with E-state index in [9.17, 15) is 9.18 Å². The summed E-state index contributed by atoms with van der Waals surface area (Å²) in [6.45, 7) is 6.05. The van der Waals surface area contributed by atoms with Crippen LogP contribution < -0.4 is 0 Å². The number of halogens is 2. The summed E-state index contributed by atoms with van der Waals surface area (Å²) in [6, 6.07) is 4.64. The quantitative estimate of drug-likeness (QED) is 0.907. The summed E-state index contributed by atoms with van der Waals surface area (Å²) in [4.78, 5) is 15.0. The fraction of sp³-hybridized carbons (Fsp3) is 0.533. The number of nitrogens with zero attached hydrogens (tertiary/aromatic N) is 2. The first kappa shape index (κ1) is 16.2. The van der Waals surface area contributed by atoms with Crippen LogP contribution in [0.5, 0.6) is 0 Å². The van der Waals surface area contributed by atoms with E-state index in [2.05, 4.69) is 16.7 Å². The first-order valence-corrected chi connectivity index (χ1v) is 7.48. The summed E-state index contributed by atoms with van der Waals surface area (Å²) in [7, 11) is 0. The third-order valence-electron chi connectivity index (χ3n) is 4.01. The first-order valence-electron chi connectivity index (χ1n) is 7.10. The fourth-order valence-corrected chi connectivity index (χ4v) is 2.99. The second kappa shape index (κ2) is 7.20. The lowest BCUT2D eigenvalue weighted by atomic mass is 10.1. The summed E-state index contributed by atoms with van der Waals surface area (Å²) in [6.07, 6.45) is 0.180. The van der Waals surface area contributed by atoms with Crippen molar-refractivity contribution >= 4 is 17.6 Å². The largest absolute Gasteiger partial charge is 0.481 e. The molecule has 1 aromatic carbocycles. The predicted molar refractivity (Wildman–Crippen MR) is 80.1 cm³/mol. The Kier molecular flexibility index (Phi) is 5.56. The highest BCUT2D eigenvalue weighted by Gasteiger charge is 2.23. The highest BCUT2D eigenvalue weighted by molar-refractivity contribution is 6.31. The van der Waals surface area contributed by atoms with Crippen LogP contribution in [-0.2, 0) is 4.79 Å². The normalized spacial score (nSPS) is 18.6. The molecule has 0 spiro atoms. The van der Waals surface area contributed by atoms with Gasteiger partial charge in [0.15, 0.2) is 0 Å². The van der Waals surface area contributed by atoms with Crippen molar-refractivity contribution in [3.05, 3.63) is 34.6 Å². The van der Waals surface area contributed by atoms with Crippen molar-refractivity contribution in [2.24, 2.45) is 0 Å². The van der Waals surface area contributed by atoms with Gasteiger partial charge < -0.3 is 10.0 Å². The molecule has 4 nitrogen and oxygen atoms in total. The van der Waals surface area contributed by atoms with Crippen LogP contribution in [0.4, 0.5) is 4.39 Å². The number of carbonyl (C=O) groups is 1. The lowest BCUT2D eigenvalue weighted by Crippen LogP contribution is -2.47. The van der Waals surface area contributed by atoms with E-state index >= 15 is 0 Å². The molecule has 1 aliphatic rings. The molecule has 1 fully saturated rings. The third-order valence-corrected chi connectivity index (χ3v) is 4.34. The lowest BCUT2D eigenvalue weighted by Gasteiger charge is -2.38. The van der Waals surface area contributed by atoms with E-state index in [0.29, 0.717) is 11.6 Å². The van der Waals surface area contributed by atoms with Crippen LogP contribution in [-0.4, -0.2) is 53.6 Å². The van der Waals surface area contributed by atoms with Crippen molar-refractivity contribution in [1.29, 1.82) is 0 Å². The van der Waals surface area contributed by atoms with Crippen LogP contribution >= 0.6 is 11.6 Å². The fourth-order valence-electron chi connectivity index (χ4n) is 2.67. The number of hydrogen-bond donors (Lipinski definition) is 1. The van der Waals surface area contributed by atoms with Crippen LogP contribution in [0.2, 0.25) is 5.02 Å². The van der Waals surface area contributed by atoms with Crippen LogP contribution in [0.25, 0.3) is 0 Å². The summed E-state index contributed by atoms with van der Waals surface area (Å²) < 4.78 is 13.1. The molecule has 1 heterocycles. The minimum atomic E-state index is -0.760. The summed E-state index contributed by atoms with van der Waals surface area (Å²) in [5, 5.41) is 9.16. The summed E-state index contributed by atoms with van der Waals surface area (Å²) >= 11 is 6.11. The molecule has 1 aliphatic heterocycles. The van der Waals surface area contributed by atoms with Gasteiger partial charge >= 0.3 is 5.97 Å². The zero-order chi connectivity index (χ0) is 15.4. The maximum absolute atomic E-state index is 13.1. The first-order chi connectivity index (χ1) is 9.97. The molecule has 21 heavy (non-hydrogen) atoms. The molecular weight excluding hydrogens is 295 g/mol. The Morgan fingerprint density at radius 3 is 2.62 bits per heavy atom. The van der Waals surface area contributed by atoms with Crippen LogP contribution in [0, 0.1) is 5.82 Å². The van der Waals surface area contributed by atoms with E-state index in [4.69, 9.17) is 16.7 Å². The molecule has 1 saturated heterocycles. The van der Waals surface area contributed by atoms with Crippen molar-refractivity contribution in [1.82, 2.24) is 9.80 Å². The van der Waals surface area contributed by atoms with Gasteiger partial charge in [0, 0.05) is 43.8 Å². The molecule has 1 N–H and O–H groups in total. The van der Waals surface area contributed by atoms with Crippen molar-refractivity contribution < 1.29 is 14.3 Å². The zero-order valence-electron chi connectivity index (χ0n) is 12.1. The second-order valence-electron chi connectivity index (χ2n) is 5.36. The Morgan fingerprint density at radius 1 is 1.38 bits per heavy atom. The van der Waals surface area contributed by atoms with Gasteiger partial charge in [0.25, 0.3) is 0 Å². The Labute approximate surface area is 129 Å². The van der Waals surface area contributed by atoms with Gasteiger partial charge in [-0.05, 0) is 24.6 Å². The van der Waals surface area contributed by atoms with Gasteiger partial charge in [0.05, 0.1) is 6.42 Å². The molecule has 116 valence electrons. The topological polar surface area (TPSA) is 43.8 Å². The van der Waals surface area contributed by atoms with E-state index in [1.54, 1.807) is 6.07 Å². The van der Waals surface area contributed by atoms with Gasteiger partial charge in [-0.15, -0.1) is 0 Å². The Hall–Kier alpha value is -1.17. The van der Waals surface area contributed by atoms with Crippen molar-refractivity contribution in [3.63, 3.8) is 0 Å². The van der Waals surface area contributed by atoms with E-state index in [1.807, 2.05) is 0 Å². The number of benzene rings is 1. The SMILES string of the molecule is CC(c1ccc(F)cc1Cl)N1CCN(CCC(=O)O)CC1. The van der Waals surface area contributed by atoms with E-state index in [-0.39, 0.29) is 18.3 Å². The molecule has 0 amide bonds. The maximum atomic E-state index is 13.1. The Balaban J connectivity index is 1.90. The van der Waals surface area contributed by atoms with Crippen molar-refractivity contribution in [2.75, 3.05) is 32.7 Å². The van der Waals surface area contributed by atoms with Crippen LogP contribution in [0.1, 0.15) is 24.9 Å². The van der Waals surface area contributed by atoms with Gasteiger partial charge in [-0.1, -0.05) is 17.7 Å². The van der Waals surface area contributed by atoms with E-state index < -0.39 is 5.97 Å². The average Bonchev–Trinajstić information content (AvgIpc) is 2.45. The number of aliphatic carboxylic acids is 1. The second-order valence-corrected chi connectivity index (χ2v) is 5.77. The monoisotopic (exact) mass is 314 g/mol. The van der Waals surface area contributed by atoms with Gasteiger partial charge in [0.1, 0.15) is 5.82 Å². The summed E-state index contributed by atoms with van der Waals surface area (Å²) in [5.74, 6) is -1.08. The molecule has 0 aliphatic carbocycles. The number of hydrogen-bond acceptors (Lipinski definition) is 3. The average molecular weight is 315 g/mol. The van der Waals surface area contributed by atoms with Gasteiger partial charge in [0.2, 0.25) is 0 Å². The number of piperazine rings is 1. The summed E-state index contributed by atoms with van der Waals surface area (Å²) in [5.41, 5.74) is 0.928. The Bertz CT molecular complexity index is 504. The molecule has 0 bridgehead atoms. The molecule has 1 atom stereocenters. The highest BCUT2D eigenvalue weighted by Crippen LogP contribution is 2.28. The zero-order valence-corrected chi connectivity index (χ0v) is 12.8. The molecule has 1 unspecified atom stereocenters. The van der Waals surface area contributed by atoms with Gasteiger partial charge in [-0.2, -0.15) is 0 Å². The van der Waals surface area contributed by atoms with E-state index in [1.165, 1.54) is 12.1 Å². The van der Waals surface area contributed by atoms with Gasteiger partial charge in [-0.25, -0.2) is 4.39 Å². The Morgan fingerprint density at radius 2 is 2.05 bits per heavy atom. The van der Waals surface area contributed by atoms with E-state index in [0.717, 1.165) is 31.7 Å². The molecule has 0 saturated carbocycles. The minimum absolute atomic E-state index is 0.125. The van der Waals surface area contributed by atoms with Crippen LogP contribution in [0.15, 0.2) is 18.2 Å².